The second-order valence-electron chi connectivity index (χ2n) is 6.55. The van der Waals surface area contributed by atoms with Crippen molar-refractivity contribution in [3.05, 3.63) is 24.3 Å². The highest BCUT2D eigenvalue weighted by atomic mass is 16.4. The SMILES string of the molecule is CCCCCC(=O)/C=C/[C@H]1C=CC(=O)[C@@H]1CCCCCCC(=O)[O-]. The first kappa shape index (κ1) is 20.3. The third kappa shape index (κ3) is 8.23. The Bertz CT molecular complexity index is 476. The second kappa shape index (κ2) is 11.8. The smallest absolute Gasteiger partial charge is 0.159 e. The van der Waals surface area contributed by atoms with Crippen LogP contribution in [0.1, 0.15) is 71.1 Å². The number of ketones is 2. The topological polar surface area (TPSA) is 74.3 Å². The Morgan fingerprint density at radius 2 is 1.79 bits per heavy atom. The fraction of sp³-hybridized carbons (Fsp3) is 0.650. The highest BCUT2D eigenvalue weighted by Crippen LogP contribution is 2.28. The summed E-state index contributed by atoms with van der Waals surface area (Å²) in [7, 11) is 0. The molecule has 0 amide bonds. The number of rotatable bonds is 13. The molecular formula is C20H29O4-. The molecule has 24 heavy (non-hydrogen) atoms. The molecule has 1 aliphatic rings. The van der Waals surface area contributed by atoms with Gasteiger partial charge in [-0.2, -0.15) is 0 Å². The zero-order valence-electron chi connectivity index (χ0n) is 14.7. The summed E-state index contributed by atoms with van der Waals surface area (Å²) < 4.78 is 0. The average Bonchev–Trinajstić information content (AvgIpc) is 2.89. The number of unbranched alkanes of at least 4 members (excludes halogenated alkanes) is 5. The number of aliphatic carboxylic acids is 1. The maximum Gasteiger partial charge on any atom is 0.159 e. The number of hydrogen-bond acceptors (Lipinski definition) is 4. The van der Waals surface area contributed by atoms with Gasteiger partial charge in [0.05, 0.1) is 0 Å². The van der Waals surface area contributed by atoms with Crippen molar-refractivity contribution < 1.29 is 19.5 Å². The van der Waals surface area contributed by atoms with Crippen molar-refractivity contribution in [1.82, 2.24) is 0 Å². The number of carbonyl (C=O) groups is 3. The summed E-state index contributed by atoms with van der Waals surface area (Å²) in [6.07, 6.45) is 14.9. The summed E-state index contributed by atoms with van der Waals surface area (Å²) >= 11 is 0. The van der Waals surface area contributed by atoms with Crippen LogP contribution >= 0.6 is 0 Å². The Labute approximate surface area is 145 Å². The van der Waals surface area contributed by atoms with Gasteiger partial charge in [-0.3, -0.25) is 9.59 Å². The van der Waals surface area contributed by atoms with E-state index in [1.165, 1.54) is 0 Å². The van der Waals surface area contributed by atoms with E-state index in [-0.39, 0.29) is 29.8 Å². The van der Waals surface area contributed by atoms with Gasteiger partial charge in [0.15, 0.2) is 11.6 Å². The normalized spacial score (nSPS) is 20.1. The van der Waals surface area contributed by atoms with Crippen LogP contribution in [-0.4, -0.2) is 17.5 Å². The zero-order valence-corrected chi connectivity index (χ0v) is 14.7. The van der Waals surface area contributed by atoms with E-state index in [4.69, 9.17) is 0 Å². The lowest BCUT2D eigenvalue weighted by molar-refractivity contribution is -0.305. The molecule has 4 nitrogen and oxygen atoms in total. The van der Waals surface area contributed by atoms with Crippen LogP contribution in [0.25, 0.3) is 0 Å². The predicted octanol–water partition coefficient (Wildman–Crippen LogP) is 3.15. The van der Waals surface area contributed by atoms with Gasteiger partial charge in [0.25, 0.3) is 0 Å². The Morgan fingerprint density at radius 3 is 2.50 bits per heavy atom. The number of carboxylic acid groups (broad SMARTS) is 1. The molecule has 0 bridgehead atoms. The fourth-order valence-electron chi connectivity index (χ4n) is 3.02. The molecule has 0 saturated carbocycles. The van der Waals surface area contributed by atoms with E-state index in [0.717, 1.165) is 44.9 Å². The minimum Gasteiger partial charge on any atom is -0.550 e. The number of hydrogen-bond donors (Lipinski definition) is 0. The molecule has 1 aliphatic carbocycles. The fourth-order valence-corrected chi connectivity index (χ4v) is 3.02. The van der Waals surface area contributed by atoms with E-state index in [0.29, 0.717) is 12.8 Å². The molecule has 0 spiro atoms. The van der Waals surface area contributed by atoms with Crippen LogP contribution in [0.4, 0.5) is 0 Å². The number of carbonyl (C=O) groups excluding carboxylic acids is 3. The molecular weight excluding hydrogens is 304 g/mol. The van der Waals surface area contributed by atoms with E-state index in [2.05, 4.69) is 6.92 Å². The summed E-state index contributed by atoms with van der Waals surface area (Å²) in [5.74, 6) is -0.768. The molecule has 0 aromatic carbocycles. The second-order valence-corrected chi connectivity index (χ2v) is 6.55. The van der Waals surface area contributed by atoms with Gasteiger partial charge in [-0.1, -0.05) is 51.2 Å². The lowest BCUT2D eigenvalue weighted by atomic mass is 9.88. The summed E-state index contributed by atoms with van der Waals surface area (Å²) in [5.41, 5.74) is 0. The van der Waals surface area contributed by atoms with Crippen molar-refractivity contribution in [3.8, 4) is 0 Å². The Hall–Kier alpha value is -1.71. The monoisotopic (exact) mass is 333 g/mol. The predicted molar refractivity (Wildman–Crippen MR) is 92.1 cm³/mol. The van der Waals surface area contributed by atoms with Crippen LogP contribution in [-0.2, 0) is 14.4 Å². The lowest BCUT2D eigenvalue weighted by Gasteiger charge is -2.14. The Balaban J connectivity index is 2.30. The third-order valence-electron chi connectivity index (χ3n) is 4.49. The molecule has 0 aromatic heterocycles. The van der Waals surface area contributed by atoms with E-state index < -0.39 is 5.97 Å². The van der Waals surface area contributed by atoms with Crippen LogP contribution in [0, 0.1) is 11.8 Å². The van der Waals surface area contributed by atoms with E-state index in [1.807, 2.05) is 12.2 Å². The minimum absolute atomic E-state index is 0.0239. The van der Waals surface area contributed by atoms with Crippen LogP contribution in [0.5, 0.6) is 0 Å². The number of allylic oxidation sites excluding steroid dienone is 4. The molecule has 1 rings (SSSR count). The molecule has 2 atom stereocenters. The maximum absolute atomic E-state index is 12.0. The van der Waals surface area contributed by atoms with E-state index in [1.54, 1.807) is 12.2 Å². The van der Waals surface area contributed by atoms with Crippen LogP contribution in [0.3, 0.4) is 0 Å². The summed E-state index contributed by atoms with van der Waals surface area (Å²) in [4.78, 5) is 34.1. The zero-order chi connectivity index (χ0) is 17.8. The van der Waals surface area contributed by atoms with Crippen LogP contribution in [0.15, 0.2) is 24.3 Å². The van der Waals surface area contributed by atoms with Gasteiger partial charge < -0.3 is 9.90 Å². The van der Waals surface area contributed by atoms with Gasteiger partial charge in [0.2, 0.25) is 0 Å². The molecule has 4 heteroatoms. The van der Waals surface area contributed by atoms with Crippen LogP contribution < -0.4 is 5.11 Å². The van der Waals surface area contributed by atoms with Crippen molar-refractivity contribution in [2.75, 3.05) is 0 Å². The first-order chi connectivity index (χ1) is 11.5. The molecule has 0 heterocycles. The van der Waals surface area contributed by atoms with Crippen molar-refractivity contribution in [2.45, 2.75) is 71.1 Å². The van der Waals surface area contributed by atoms with Crippen molar-refractivity contribution in [3.63, 3.8) is 0 Å². The van der Waals surface area contributed by atoms with Gasteiger partial charge in [-0.15, -0.1) is 0 Å². The maximum atomic E-state index is 12.0. The van der Waals surface area contributed by atoms with Gasteiger partial charge >= 0.3 is 0 Å². The standard InChI is InChI=1S/C20H30O4/c1-2-3-6-9-17(21)14-12-16-13-15-19(22)18(16)10-7-4-5-8-11-20(23)24/h12-16,18H,2-11H2,1H3,(H,23,24)/p-1/b14-12+/t16-,18+/m0/s1. The lowest BCUT2D eigenvalue weighted by Crippen LogP contribution is -2.21. The molecule has 0 aliphatic heterocycles. The average molecular weight is 333 g/mol. The van der Waals surface area contributed by atoms with Gasteiger partial charge in [-0.25, -0.2) is 0 Å². The Morgan fingerprint density at radius 1 is 1.08 bits per heavy atom. The molecule has 134 valence electrons. The number of carboxylic acids is 1. The molecule has 0 unspecified atom stereocenters. The minimum atomic E-state index is -1.00. The van der Waals surface area contributed by atoms with Gasteiger partial charge in [0.1, 0.15) is 0 Å². The van der Waals surface area contributed by atoms with Crippen molar-refractivity contribution in [2.24, 2.45) is 11.8 Å². The summed E-state index contributed by atoms with van der Waals surface area (Å²) in [6, 6.07) is 0. The molecule has 0 radical (unpaired) electrons. The molecule has 0 aromatic rings. The molecule has 0 N–H and O–H groups in total. The molecule has 0 fully saturated rings. The summed E-state index contributed by atoms with van der Waals surface area (Å²) in [6.45, 7) is 2.11. The van der Waals surface area contributed by atoms with E-state index in [9.17, 15) is 19.5 Å². The first-order valence-electron chi connectivity index (χ1n) is 9.17. The highest BCUT2D eigenvalue weighted by Gasteiger charge is 2.27. The first-order valence-corrected chi connectivity index (χ1v) is 9.17. The Kier molecular flexibility index (Phi) is 9.97. The quantitative estimate of drug-likeness (QED) is 0.383. The van der Waals surface area contributed by atoms with Gasteiger partial charge in [0, 0.05) is 24.2 Å². The van der Waals surface area contributed by atoms with Crippen molar-refractivity contribution in [1.29, 1.82) is 0 Å². The largest absolute Gasteiger partial charge is 0.550 e. The molecule has 0 saturated heterocycles. The highest BCUT2D eigenvalue weighted by molar-refractivity contribution is 5.95. The van der Waals surface area contributed by atoms with Crippen molar-refractivity contribution >= 4 is 17.5 Å². The van der Waals surface area contributed by atoms with Gasteiger partial charge in [-0.05, 0) is 37.8 Å². The summed E-state index contributed by atoms with van der Waals surface area (Å²) in [5, 5.41) is 10.3. The third-order valence-corrected chi connectivity index (χ3v) is 4.49. The van der Waals surface area contributed by atoms with Crippen LogP contribution in [0.2, 0.25) is 0 Å². The van der Waals surface area contributed by atoms with E-state index >= 15 is 0 Å².